The van der Waals surface area contributed by atoms with Gasteiger partial charge in [0.1, 0.15) is 17.5 Å². The Hall–Kier alpha value is -3.80. The Bertz CT molecular complexity index is 1070. The molecule has 3 aromatic rings. The summed E-state index contributed by atoms with van der Waals surface area (Å²) >= 11 is 0. The molecular weight excluding hydrogens is 452 g/mol. The Morgan fingerprint density at radius 1 is 0.889 bits per heavy atom. The minimum absolute atomic E-state index is 0.0814. The van der Waals surface area contributed by atoms with E-state index in [1.807, 2.05) is 91.9 Å². The van der Waals surface area contributed by atoms with Gasteiger partial charge in [-0.1, -0.05) is 67.6 Å². The lowest BCUT2D eigenvalue weighted by Crippen LogP contribution is -2.50. The number of para-hydroxylation sites is 1. The fourth-order valence-corrected chi connectivity index (χ4v) is 3.96. The van der Waals surface area contributed by atoms with E-state index in [1.54, 1.807) is 12.0 Å². The van der Waals surface area contributed by atoms with Crippen LogP contribution in [-0.4, -0.2) is 43.0 Å². The molecule has 6 nitrogen and oxygen atoms in total. The van der Waals surface area contributed by atoms with Crippen LogP contribution in [0.3, 0.4) is 0 Å². The molecule has 6 heteroatoms. The van der Waals surface area contributed by atoms with Crippen LogP contribution in [0.2, 0.25) is 0 Å². The third kappa shape index (κ3) is 8.45. The molecule has 0 aliphatic heterocycles. The lowest BCUT2D eigenvalue weighted by Gasteiger charge is -2.31. The number of nitrogens with one attached hydrogen (secondary N) is 1. The number of hydrogen-bond acceptors (Lipinski definition) is 4. The zero-order chi connectivity index (χ0) is 25.6. The van der Waals surface area contributed by atoms with Crippen molar-refractivity contribution in [3.8, 4) is 11.5 Å². The molecule has 190 valence electrons. The summed E-state index contributed by atoms with van der Waals surface area (Å²) in [5.41, 5.74) is 1.91. The number of methoxy groups -OCH3 is 1. The van der Waals surface area contributed by atoms with Crippen LogP contribution >= 0.6 is 0 Å². The van der Waals surface area contributed by atoms with Crippen molar-refractivity contribution in [3.05, 3.63) is 96.1 Å². The molecule has 36 heavy (non-hydrogen) atoms. The maximum atomic E-state index is 13.6. The molecule has 0 spiro atoms. The number of rotatable bonds is 14. The second-order valence-corrected chi connectivity index (χ2v) is 8.63. The SMILES string of the molecule is CCCNC(=O)[C@@H](Cc1ccccc1)N(Cc1cccc(OC)c1)C(=O)CCCOc1ccccc1. The van der Waals surface area contributed by atoms with Gasteiger partial charge in [-0.15, -0.1) is 0 Å². The van der Waals surface area contributed by atoms with Crippen LogP contribution in [0.25, 0.3) is 0 Å². The third-order valence-corrected chi connectivity index (χ3v) is 5.85. The first-order chi connectivity index (χ1) is 17.6. The summed E-state index contributed by atoms with van der Waals surface area (Å²) in [4.78, 5) is 28.6. The number of ether oxygens (including phenoxy) is 2. The number of carbonyl (C=O) groups is 2. The van der Waals surface area contributed by atoms with Crippen LogP contribution in [-0.2, 0) is 22.6 Å². The van der Waals surface area contributed by atoms with Crippen molar-refractivity contribution in [3.63, 3.8) is 0 Å². The molecule has 0 radical (unpaired) electrons. The van der Waals surface area contributed by atoms with Crippen molar-refractivity contribution in [2.45, 2.75) is 45.2 Å². The number of amides is 2. The summed E-state index contributed by atoms with van der Waals surface area (Å²) in [5, 5.41) is 3.00. The summed E-state index contributed by atoms with van der Waals surface area (Å²) < 4.78 is 11.2. The maximum Gasteiger partial charge on any atom is 0.243 e. The summed E-state index contributed by atoms with van der Waals surface area (Å²) in [6.45, 7) is 3.31. The lowest BCUT2D eigenvalue weighted by molar-refractivity contribution is -0.141. The van der Waals surface area contributed by atoms with E-state index in [0.29, 0.717) is 38.3 Å². The lowest BCUT2D eigenvalue weighted by atomic mass is 10.0. The Morgan fingerprint density at radius 2 is 1.56 bits per heavy atom. The molecule has 3 aromatic carbocycles. The minimum Gasteiger partial charge on any atom is -0.497 e. The zero-order valence-corrected chi connectivity index (χ0v) is 21.2. The van der Waals surface area contributed by atoms with E-state index in [4.69, 9.17) is 9.47 Å². The van der Waals surface area contributed by atoms with Gasteiger partial charge in [-0.05, 0) is 48.2 Å². The van der Waals surface area contributed by atoms with Gasteiger partial charge in [0.25, 0.3) is 0 Å². The highest BCUT2D eigenvalue weighted by Gasteiger charge is 2.30. The molecule has 0 aromatic heterocycles. The Kier molecular flexibility index (Phi) is 10.8. The normalized spacial score (nSPS) is 11.4. The van der Waals surface area contributed by atoms with Crippen LogP contribution in [0, 0.1) is 0 Å². The molecule has 0 saturated carbocycles. The van der Waals surface area contributed by atoms with Gasteiger partial charge in [0.2, 0.25) is 11.8 Å². The molecule has 1 atom stereocenters. The van der Waals surface area contributed by atoms with Crippen LogP contribution in [0.1, 0.15) is 37.3 Å². The first-order valence-corrected chi connectivity index (χ1v) is 12.5. The fourth-order valence-electron chi connectivity index (χ4n) is 3.96. The Labute approximate surface area is 214 Å². The molecule has 0 heterocycles. The van der Waals surface area contributed by atoms with Crippen molar-refractivity contribution >= 4 is 11.8 Å². The molecule has 0 aliphatic carbocycles. The quantitative estimate of drug-likeness (QED) is 0.324. The monoisotopic (exact) mass is 488 g/mol. The third-order valence-electron chi connectivity index (χ3n) is 5.85. The number of benzene rings is 3. The Morgan fingerprint density at radius 3 is 2.25 bits per heavy atom. The van der Waals surface area contributed by atoms with Gasteiger partial charge in [0.15, 0.2) is 0 Å². The van der Waals surface area contributed by atoms with Crippen LogP contribution in [0.4, 0.5) is 0 Å². The van der Waals surface area contributed by atoms with Gasteiger partial charge < -0.3 is 19.7 Å². The van der Waals surface area contributed by atoms with E-state index in [2.05, 4.69) is 5.32 Å². The summed E-state index contributed by atoms with van der Waals surface area (Å²) in [6.07, 6.45) is 2.09. The van der Waals surface area contributed by atoms with Gasteiger partial charge in [-0.25, -0.2) is 0 Å². The minimum atomic E-state index is -0.632. The van der Waals surface area contributed by atoms with Crippen LogP contribution < -0.4 is 14.8 Å². The highest BCUT2D eigenvalue weighted by molar-refractivity contribution is 5.88. The van der Waals surface area contributed by atoms with Crippen molar-refractivity contribution in [1.82, 2.24) is 10.2 Å². The van der Waals surface area contributed by atoms with Crippen LogP contribution in [0.15, 0.2) is 84.9 Å². The first kappa shape index (κ1) is 26.8. The van der Waals surface area contributed by atoms with Crippen molar-refractivity contribution < 1.29 is 19.1 Å². The predicted octanol–water partition coefficient (Wildman–Crippen LogP) is 5.02. The fraction of sp³-hybridized carbons (Fsp3) is 0.333. The molecule has 1 N–H and O–H groups in total. The number of nitrogens with zero attached hydrogens (tertiary/aromatic N) is 1. The molecule has 0 aliphatic rings. The van der Waals surface area contributed by atoms with Gasteiger partial charge in [-0.2, -0.15) is 0 Å². The van der Waals surface area contributed by atoms with E-state index >= 15 is 0 Å². The van der Waals surface area contributed by atoms with Crippen LogP contribution in [0.5, 0.6) is 11.5 Å². The zero-order valence-electron chi connectivity index (χ0n) is 21.2. The van der Waals surface area contributed by atoms with Gasteiger partial charge >= 0.3 is 0 Å². The number of carbonyl (C=O) groups excluding carboxylic acids is 2. The van der Waals surface area contributed by atoms with Gasteiger partial charge in [0, 0.05) is 25.9 Å². The average molecular weight is 489 g/mol. The molecule has 2 amide bonds. The average Bonchev–Trinajstić information content (AvgIpc) is 2.92. The molecule has 0 unspecified atom stereocenters. The number of hydrogen-bond donors (Lipinski definition) is 1. The van der Waals surface area contributed by atoms with E-state index in [0.717, 1.165) is 23.3 Å². The maximum absolute atomic E-state index is 13.6. The standard InChI is InChI=1S/C30H36N2O4/c1-3-19-31-30(34)28(22-24-12-6-4-7-13-24)32(23-25-14-10-17-27(21-25)35-2)29(33)18-11-20-36-26-15-8-5-9-16-26/h4-10,12-17,21,28H,3,11,18-20,22-23H2,1-2H3,(H,31,34)/t28-/m1/s1. The van der Waals surface area contributed by atoms with E-state index in [1.165, 1.54) is 0 Å². The first-order valence-electron chi connectivity index (χ1n) is 12.5. The predicted molar refractivity (Wildman–Crippen MR) is 142 cm³/mol. The van der Waals surface area contributed by atoms with Crippen molar-refractivity contribution in [2.24, 2.45) is 0 Å². The van der Waals surface area contributed by atoms with E-state index in [-0.39, 0.29) is 18.2 Å². The summed E-state index contributed by atoms with van der Waals surface area (Å²) in [6, 6.07) is 26.4. The molecule has 0 fully saturated rings. The molecule has 0 saturated heterocycles. The van der Waals surface area contributed by atoms with E-state index in [9.17, 15) is 9.59 Å². The van der Waals surface area contributed by atoms with E-state index < -0.39 is 6.04 Å². The summed E-state index contributed by atoms with van der Waals surface area (Å²) in [7, 11) is 1.62. The van der Waals surface area contributed by atoms with Crippen molar-refractivity contribution in [1.29, 1.82) is 0 Å². The largest absolute Gasteiger partial charge is 0.497 e. The van der Waals surface area contributed by atoms with Gasteiger partial charge in [-0.3, -0.25) is 9.59 Å². The molecule has 3 rings (SSSR count). The molecular formula is C30H36N2O4. The topological polar surface area (TPSA) is 67.9 Å². The molecule has 0 bridgehead atoms. The van der Waals surface area contributed by atoms with Gasteiger partial charge in [0.05, 0.1) is 13.7 Å². The second kappa shape index (κ2) is 14.6. The smallest absolute Gasteiger partial charge is 0.243 e. The highest BCUT2D eigenvalue weighted by Crippen LogP contribution is 2.19. The summed E-state index contributed by atoms with van der Waals surface area (Å²) in [5.74, 6) is 1.27. The second-order valence-electron chi connectivity index (χ2n) is 8.63. The van der Waals surface area contributed by atoms with Crippen molar-refractivity contribution in [2.75, 3.05) is 20.3 Å². The Balaban J connectivity index is 1.80. The highest BCUT2D eigenvalue weighted by atomic mass is 16.5.